The van der Waals surface area contributed by atoms with E-state index in [2.05, 4.69) is 15.3 Å². The minimum Gasteiger partial charge on any atom is -0.333 e. The van der Waals surface area contributed by atoms with E-state index in [9.17, 15) is 9.59 Å². The standard InChI is InChI=1S/C25H22N4O2S/c1-29(23(18-10-4-2-5-11-18)21-14-8-9-15-26-21)22(30)16-20-17-32-25(27-20)28-24(31)19-12-6-3-7-13-19/h2-15,17,23H,16H2,1H3,(H,27,28,31). The molecule has 0 bridgehead atoms. The van der Waals surface area contributed by atoms with E-state index in [-0.39, 0.29) is 24.3 Å². The molecule has 0 aliphatic rings. The van der Waals surface area contributed by atoms with Crippen LogP contribution in [0.4, 0.5) is 5.13 Å². The molecule has 4 rings (SSSR count). The van der Waals surface area contributed by atoms with Crippen LogP contribution >= 0.6 is 11.3 Å². The summed E-state index contributed by atoms with van der Waals surface area (Å²) in [5.74, 6) is -0.315. The maximum Gasteiger partial charge on any atom is 0.257 e. The fourth-order valence-electron chi connectivity index (χ4n) is 3.39. The van der Waals surface area contributed by atoms with Gasteiger partial charge >= 0.3 is 0 Å². The second-order valence-electron chi connectivity index (χ2n) is 7.21. The molecular formula is C25H22N4O2S. The Balaban J connectivity index is 1.47. The van der Waals surface area contributed by atoms with Crippen molar-refractivity contribution in [2.45, 2.75) is 12.5 Å². The Morgan fingerprint density at radius 2 is 1.66 bits per heavy atom. The summed E-state index contributed by atoms with van der Waals surface area (Å²) in [4.78, 5) is 36.1. The number of nitrogens with zero attached hydrogens (tertiary/aromatic N) is 3. The van der Waals surface area contributed by atoms with Gasteiger partial charge in [0.2, 0.25) is 5.91 Å². The van der Waals surface area contributed by atoms with Gasteiger partial charge in [0.25, 0.3) is 5.91 Å². The summed E-state index contributed by atoms with van der Waals surface area (Å²) < 4.78 is 0. The Hall–Kier alpha value is -3.84. The van der Waals surface area contributed by atoms with Crippen LogP contribution in [0.3, 0.4) is 0 Å². The van der Waals surface area contributed by atoms with Crippen molar-refractivity contribution in [2.75, 3.05) is 12.4 Å². The Kier molecular flexibility index (Phi) is 6.67. The van der Waals surface area contributed by atoms with Crippen molar-refractivity contribution in [3.8, 4) is 0 Å². The fraction of sp³-hybridized carbons (Fsp3) is 0.120. The molecule has 0 radical (unpaired) electrons. The van der Waals surface area contributed by atoms with Gasteiger partial charge in [-0.1, -0.05) is 54.6 Å². The summed E-state index contributed by atoms with van der Waals surface area (Å²) in [6, 6.07) is 24.2. The Morgan fingerprint density at radius 1 is 0.969 bits per heavy atom. The molecule has 1 atom stereocenters. The average Bonchev–Trinajstić information content (AvgIpc) is 3.27. The van der Waals surface area contributed by atoms with Crippen molar-refractivity contribution in [3.63, 3.8) is 0 Å². The van der Waals surface area contributed by atoms with Gasteiger partial charge in [-0.15, -0.1) is 11.3 Å². The van der Waals surface area contributed by atoms with Gasteiger partial charge in [-0.3, -0.25) is 19.9 Å². The number of thiazole rings is 1. The van der Waals surface area contributed by atoms with Gasteiger partial charge in [0.15, 0.2) is 5.13 Å². The largest absolute Gasteiger partial charge is 0.333 e. The number of hydrogen-bond acceptors (Lipinski definition) is 5. The van der Waals surface area contributed by atoms with E-state index < -0.39 is 0 Å². The quantitative estimate of drug-likeness (QED) is 0.455. The molecule has 0 aliphatic carbocycles. The number of carbonyl (C=O) groups excluding carboxylic acids is 2. The zero-order chi connectivity index (χ0) is 22.3. The van der Waals surface area contributed by atoms with Crippen molar-refractivity contribution < 1.29 is 9.59 Å². The lowest BCUT2D eigenvalue weighted by molar-refractivity contribution is -0.130. The first kappa shape index (κ1) is 21.4. The lowest BCUT2D eigenvalue weighted by Gasteiger charge is -2.28. The first-order valence-corrected chi connectivity index (χ1v) is 11.0. The van der Waals surface area contributed by atoms with Crippen LogP contribution in [-0.2, 0) is 11.2 Å². The van der Waals surface area contributed by atoms with Gasteiger partial charge in [0.1, 0.15) is 0 Å². The highest BCUT2D eigenvalue weighted by Crippen LogP contribution is 2.27. The van der Waals surface area contributed by atoms with E-state index in [0.717, 1.165) is 11.3 Å². The highest BCUT2D eigenvalue weighted by Gasteiger charge is 2.25. The molecule has 2 heterocycles. The predicted molar refractivity (Wildman–Crippen MR) is 126 cm³/mol. The van der Waals surface area contributed by atoms with Crippen LogP contribution in [0.1, 0.15) is 33.4 Å². The molecule has 2 aromatic carbocycles. The zero-order valence-electron chi connectivity index (χ0n) is 17.5. The number of likely N-dealkylation sites (N-methyl/N-ethyl adjacent to an activating group) is 1. The monoisotopic (exact) mass is 442 g/mol. The zero-order valence-corrected chi connectivity index (χ0v) is 18.3. The van der Waals surface area contributed by atoms with Crippen LogP contribution in [0.5, 0.6) is 0 Å². The first-order chi connectivity index (χ1) is 15.6. The normalized spacial score (nSPS) is 11.5. The number of anilines is 1. The molecule has 0 spiro atoms. The molecule has 0 saturated heterocycles. The van der Waals surface area contributed by atoms with Crippen molar-refractivity contribution >= 4 is 28.3 Å². The third-order valence-corrected chi connectivity index (χ3v) is 5.81. The van der Waals surface area contributed by atoms with Gasteiger partial charge in [0.05, 0.1) is 23.9 Å². The maximum atomic E-state index is 13.1. The van der Waals surface area contributed by atoms with E-state index in [1.807, 2.05) is 54.6 Å². The summed E-state index contributed by atoms with van der Waals surface area (Å²) in [5.41, 5.74) is 2.95. The van der Waals surface area contributed by atoms with E-state index in [4.69, 9.17) is 0 Å². The highest BCUT2D eigenvalue weighted by atomic mass is 32.1. The second-order valence-corrected chi connectivity index (χ2v) is 8.07. The Bertz CT molecular complexity index is 1140. The van der Waals surface area contributed by atoms with Crippen LogP contribution in [0.2, 0.25) is 0 Å². The molecule has 0 saturated carbocycles. The van der Waals surface area contributed by atoms with E-state index >= 15 is 0 Å². The number of nitrogens with one attached hydrogen (secondary N) is 1. The molecular weight excluding hydrogens is 420 g/mol. The van der Waals surface area contributed by atoms with Gasteiger partial charge in [-0.25, -0.2) is 4.98 Å². The summed E-state index contributed by atoms with van der Waals surface area (Å²) in [5, 5.41) is 5.05. The third-order valence-electron chi connectivity index (χ3n) is 5.00. The molecule has 6 nitrogen and oxygen atoms in total. The second kappa shape index (κ2) is 9.98. The topological polar surface area (TPSA) is 75.2 Å². The van der Waals surface area contributed by atoms with Crippen molar-refractivity contribution in [2.24, 2.45) is 0 Å². The van der Waals surface area contributed by atoms with Gasteiger partial charge in [-0.2, -0.15) is 0 Å². The minimum absolute atomic E-state index is 0.0873. The van der Waals surface area contributed by atoms with Crippen LogP contribution in [0, 0.1) is 0 Å². The molecule has 32 heavy (non-hydrogen) atoms. The molecule has 0 aliphatic heterocycles. The molecule has 2 amide bonds. The van der Waals surface area contributed by atoms with Crippen LogP contribution in [-0.4, -0.2) is 33.7 Å². The molecule has 0 fully saturated rings. The number of aromatic nitrogens is 2. The average molecular weight is 443 g/mol. The fourth-order valence-corrected chi connectivity index (χ4v) is 4.10. The van der Waals surface area contributed by atoms with Crippen molar-refractivity contribution in [1.29, 1.82) is 0 Å². The van der Waals surface area contributed by atoms with Crippen LogP contribution in [0.25, 0.3) is 0 Å². The number of carbonyl (C=O) groups is 2. The highest BCUT2D eigenvalue weighted by molar-refractivity contribution is 7.14. The Labute approximate surface area is 190 Å². The lowest BCUT2D eigenvalue weighted by Crippen LogP contribution is -2.33. The summed E-state index contributed by atoms with van der Waals surface area (Å²) in [6.07, 6.45) is 1.86. The molecule has 1 unspecified atom stereocenters. The van der Waals surface area contributed by atoms with E-state index in [0.29, 0.717) is 16.4 Å². The Morgan fingerprint density at radius 3 is 2.34 bits per heavy atom. The molecule has 1 N–H and O–H groups in total. The van der Waals surface area contributed by atoms with Gasteiger partial charge < -0.3 is 4.90 Å². The summed E-state index contributed by atoms with van der Waals surface area (Å²) in [6.45, 7) is 0. The first-order valence-electron chi connectivity index (χ1n) is 10.1. The number of hydrogen-bond donors (Lipinski definition) is 1. The third kappa shape index (κ3) is 5.07. The number of pyridine rings is 1. The summed E-state index contributed by atoms with van der Waals surface area (Å²) in [7, 11) is 1.78. The summed E-state index contributed by atoms with van der Waals surface area (Å²) >= 11 is 1.30. The van der Waals surface area contributed by atoms with Crippen LogP contribution < -0.4 is 5.32 Å². The smallest absolute Gasteiger partial charge is 0.257 e. The predicted octanol–water partition coefficient (Wildman–Crippen LogP) is 4.58. The lowest BCUT2D eigenvalue weighted by atomic mass is 10.0. The molecule has 160 valence electrons. The van der Waals surface area contributed by atoms with Crippen molar-refractivity contribution in [1.82, 2.24) is 14.9 Å². The number of amides is 2. The molecule has 7 heteroatoms. The number of benzene rings is 2. The van der Waals surface area contributed by atoms with Crippen LogP contribution in [0.15, 0.2) is 90.4 Å². The maximum absolute atomic E-state index is 13.1. The van der Waals surface area contributed by atoms with E-state index in [1.54, 1.807) is 47.8 Å². The molecule has 4 aromatic rings. The van der Waals surface area contributed by atoms with Gasteiger partial charge in [-0.05, 0) is 29.8 Å². The number of rotatable bonds is 7. The van der Waals surface area contributed by atoms with Gasteiger partial charge in [0, 0.05) is 24.2 Å². The van der Waals surface area contributed by atoms with Crippen molar-refractivity contribution in [3.05, 3.63) is 113 Å². The molecule has 2 aromatic heterocycles. The SMILES string of the molecule is CN(C(=O)Cc1csc(NC(=O)c2ccccc2)n1)C(c1ccccc1)c1ccccn1. The van der Waals surface area contributed by atoms with E-state index in [1.165, 1.54) is 11.3 Å². The minimum atomic E-state index is -0.305.